The van der Waals surface area contributed by atoms with Crippen LogP contribution in [0.25, 0.3) is 0 Å². The number of piperazine rings is 1. The molecule has 4 heterocycles. The summed E-state index contributed by atoms with van der Waals surface area (Å²) >= 11 is 5.91. The molecular formula is C17H21ClF4N4. The van der Waals surface area contributed by atoms with Gasteiger partial charge in [0.2, 0.25) is 0 Å². The Morgan fingerprint density at radius 2 is 1.88 bits per heavy atom. The van der Waals surface area contributed by atoms with Gasteiger partial charge in [0.15, 0.2) is 0 Å². The van der Waals surface area contributed by atoms with E-state index in [0.29, 0.717) is 12.2 Å². The maximum atomic E-state index is 14.6. The van der Waals surface area contributed by atoms with Crippen LogP contribution in [0.4, 0.5) is 23.2 Å². The van der Waals surface area contributed by atoms with Crippen LogP contribution in [0.2, 0.25) is 5.15 Å². The van der Waals surface area contributed by atoms with Crippen LogP contribution in [-0.2, 0) is 6.42 Å². The van der Waals surface area contributed by atoms with Crippen molar-refractivity contribution in [3.8, 4) is 0 Å². The van der Waals surface area contributed by atoms with Crippen LogP contribution in [0.3, 0.4) is 0 Å². The molecule has 0 aliphatic carbocycles. The van der Waals surface area contributed by atoms with Crippen LogP contribution in [0.15, 0.2) is 6.07 Å². The summed E-state index contributed by atoms with van der Waals surface area (Å²) in [5.74, 6) is -3.04. The number of hydrogen-bond acceptors (Lipinski definition) is 4. The largest absolute Gasteiger partial charge is 0.365 e. The van der Waals surface area contributed by atoms with Crippen molar-refractivity contribution in [1.29, 1.82) is 0 Å². The lowest BCUT2D eigenvalue weighted by molar-refractivity contribution is -0.0328. The molecule has 144 valence electrons. The van der Waals surface area contributed by atoms with Crippen molar-refractivity contribution in [3.05, 3.63) is 22.5 Å². The first-order valence-corrected chi connectivity index (χ1v) is 9.17. The maximum Gasteiger partial charge on any atom is 0.280 e. The second-order valence-corrected chi connectivity index (χ2v) is 7.88. The van der Waals surface area contributed by atoms with E-state index in [1.165, 1.54) is 6.07 Å². The Hall–Kier alpha value is -1.12. The Balaban J connectivity index is 1.67. The summed E-state index contributed by atoms with van der Waals surface area (Å²) in [6.45, 7) is 4.04. The number of halogens is 5. The molecule has 0 radical (unpaired) electrons. The van der Waals surface area contributed by atoms with Gasteiger partial charge in [-0.15, -0.1) is 0 Å². The summed E-state index contributed by atoms with van der Waals surface area (Å²) in [5.41, 5.74) is -0.280. The Kier molecular flexibility index (Phi) is 4.56. The third kappa shape index (κ3) is 3.16. The van der Waals surface area contributed by atoms with Crippen molar-refractivity contribution in [3.63, 3.8) is 0 Å². The van der Waals surface area contributed by atoms with Gasteiger partial charge in [0.25, 0.3) is 12.3 Å². The Morgan fingerprint density at radius 3 is 2.54 bits per heavy atom. The van der Waals surface area contributed by atoms with E-state index < -0.39 is 30.5 Å². The van der Waals surface area contributed by atoms with E-state index in [2.05, 4.69) is 14.8 Å². The molecule has 1 aromatic rings. The number of hydrogen-bond donors (Lipinski definition) is 0. The molecule has 0 aromatic carbocycles. The average Bonchev–Trinajstić information content (AvgIpc) is 2.63. The molecule has 26 heavy (non-hydrogen) atoms. The zero-order valence-corrected chi connectivity index (χ0v) is 15.2. The molecule has 2 saturated heterocycles. The fourth-order valence-electron chi connectivity index (χ4n) is 4.36. The van der Waals surface area contributed by atoms with E-state index in [0.717, 1.165) is 26.2 Å². The first kappa shape index (κ1) is 18.3. The molecule has 4 rings (SSSR count). The highest BCUT2D eigenvalue weighted by Gasteiger charge is 2.51. The monoisotopic (exact) mass is 392 g/mol. The van der Waals surface area contributed by atoms with E-state index in [-0.39, 0.29) is 23.2 Å². The maximum absolute atomic E-state index is 14.6. The molecule has 0 bridgehead atoms. The summed E-state index contributed by atoms with van der Waals surface area (Å²) in [5, 5.41) is -0.0777. The van der Waals surface area contributed by atoms with Crippen LogP contribution in [0, 0.1) is 0 Å². The van der Waals surface area contributed by atoms with Gasteiger partial charge in [-0.05, 0) is 13.1 Å². The van der Waals surface area contributed by atoms with Crippen molar-refractivity contribution in [2.45, 2.75) is 37.3 Å². The molecular weight excluding hydrogens is 372 g/mol. The smallest absolute Gasteiger partial charge is 0.280 e. The minimum absolute atomic E-state index is 0.0162. The number of fused-ring (bicyclic) bond motifs is 3. The zero-order chi connectivity index (χ0) is 18.6. The summed E-state index contributed by atoms with van der Waals surface area (Å²) in [7, 11) is 2.04. The molecule has 4 nitrogen and oxygen atoms in total. The Morgan fingerprint density at radius 1 is 1.19 bits per heavy atom. The standard InChI is InChI=1S/C17H21ClF4N4/c1-24-2-4-25(5-3-24)13-9-26-11-6-14(18)23-15(16(19)20)10(11)7-17(21,22)8-12(13)26/h6,12-13,16H,2-5,7-9H2,1H3. The summed E-state index contributed by atoms with van der Waals surface area (Å²) in [6, 6.07) is 1.08. The fraction of sp³-hybridized carbons (Fsp3) is 0.706. The van der Waals surface area contributed by atoms with Crippen LogP contribution >= 0.6 is 11.6 Å². The SMILES string of the molecule is CN1CCN(C2CN3c4cc(Cl)nc(C(F)F)c4CC(F)(F)CC23)CC1. The average molecular weight is 393 g/mol. The number of anilines is 1. The van der Waals surface area contributed by atoms with Gasteiger partial charge in [0.05, 0.1) is 6.04 Å². The summed E-state index contributed by atoms with van der Waals surface area (Å²) < 4.78 is 55.9. The molecule has 2 atom stereocenters. The molecule has 1 aromatic heterocycles. The topological polar surface area (TPSA) is 22.6 Å². The molecule has 0 saturated carbocycles. The predicted octanol–water partition coefficient (Wildman–Crippen LogP) is 3.06. The Labute approximate surface area is 154 Å². The number of nitrogens with zero attached hydrogens (tertiary/aromatic N) is 4. The summed E-state index contributed by atoms with van der Waals surface area (Å²) in [4.78, 5) is 9.91. The molecule has 0 amide bonds. The highest BCUT2D eigenvalue weighted by Crippen LogP contribution is 2.46. The first-order chi connectivity index (χ1) is 12.2. The number of rotatable bonds is 2. The number of aromatic nitrogens is 1. The summed E-state index contributed by atoms with van der Waals surface area (Å²) in [6.07, 6.45) is -3.97. The number of alkyl halides is 4. The minimum Gasteiger partial charge on any atom is -0.365 e. The van der Waals surface area contributed by atoms with Gasteiger partial charge in [0, 0.05) is 62.9 Å². The third-order valence-corrected chi connectivity index (χ3v) is 5.99. The second-order valence-electron chi connectivity index (χ2n) is 7.49. The molecule has 0 N–H and O–H groups in total. The molecule has 3 aliphatic rings. The quantitative estimate of drug-likeness (QED) is 0.570. The van der Waals surface area contributed by atoms with Crippen molar-refractivity contribution in [2.24, 2.45) is 0 Å². The predicted molar refractivity (Wildman–Crippen MR) is 91.5 cm³/mol. The lowest BCUT2D eigenvalue weighted by Gasteiger charge is -2.55. The lowest BCUT2D eigenvalue weighted by atomic mass is 9.89. The lowest BCUT2D eigenvalue weighted by Crippen LogP contribution is -2.69. The minimum atomic E-state index is -3.04. The zero-order valence-electron chi connectivity index (χ0n) is 14.4. The third-order valence-electron chi connectivity index (χ3n) is 5.80. The van der Waals surface area contributed by atoms with Crippen LogP contribution in [-0.4, -0.2) is 72.6 Å². The van der Waals surface area contributed by atoms with E-state index in [1.807, 2.05) is 11.9 Å². The molecule has 2 fully saturated rings. The Bertz CT molecular complexity index is 694. The van der Waals surface area contributed by atoms with E-state index >= 15 is 0 Å². The van der Waals surface area contributed by atoms with Gasteiger partial charge in [0.1, 0.15) is 10.8 Å². The van der Waals surface area contributed by atoms with Gasteiger partial charge < -0.3 is 9.80 Å². The van der Waals surface area contributed by atoms with E-state index in [1.54, 1.807) is 0 Å². The van der Waals surface area contributed by atoms with Gasteiger partial charge in [-0.2, -0.15) is 0 Å². The van der Waals surface area contributed by atoms with Gasteiger partial charge in [-0.1, -0.05) is 11.6 Å². The van der Waals surface area contributed by atoms with Crippen molar-refractivity contribution >= 4 is 17.3 Å². The fourth-order valence-corrected chi connectivity index (χ4v) is 4.56. The highest BCUT2D eigenvalue weighted by molar-refractivity contribution is 6.29. The molecule has 2 unspecified atom stereocenters. The van der Waals surface area contributed by atoms with E-state index in [4.69, 9.17) is 11.6 Å². The van der Waals surface area contributed by atoms with Gasteiger partial charge in [-0.25, -0.2) is 22.5 Å². The highest BCUT2D eigenvalue weighted by atomic mass is 35.5. The molecule has 0 spiro atoms. The van der Waals surface area contributed by atoms with Crippen molar-refractivity contribution in [2.75, 3.05) is 44.7 Å². The molecule has 9 heteroatoms. The normalized spacial score (nSPS) is 29.1. The number of likely N-dealkylation sites (N-methyl/N-ethyl adjacent to an activating group) is 1. The number of pyridine rings is 1. The van der Waals surface area contributed by atoms with Crippen LogP contribution < -0.4 is 4.90 Å². The van der Waals surface area contributed by atoms with Crippen molar-refractivity contribution < 1.29 is 17.6 Å². The van der Waals surface area contributed by atoms with Gasteiger partial charge >= 0.3 is 0 Å². The second kappa shape index (κ2) is 6.49. The molecule has 3 aliphatic heterocycles. The van der Waals surface area contributed by atoms with Crippen LogP contribution in [0.5, 0.6) is 0 Å². The van der Waals surface area contributed by atoms with Gasteiger partial charge in [-0.3, -0.25) is 4.90 Å². The first-order valence-electron chi connectivity index (χ1n) is 8.80. The van der Waals surface area contributed by atoms with Crippen LogP contribution in [0.1, 0.15) is 24.1 Å². The van der Waals surface area contributed by atoms with Crippen molar-refractivity contribution in [1.82, 2.24) is 14.8 Å². The van der Waals surface area contributed by atoms with E-state index in [9.17, 15) is 17.6 Å².